The summed E-state index contributed by atoms with van der Waals surface area (Å²) >= 11 is 0. The third kappa shape index (κ3) is 1.38. The van der Waals surface area contributed by atoms with Gasteiger partial charge in [-0.1, -0.05) is 6.58 Å². The van der Waals surface area contributed by atoms with Crippen molar-refractivity contribution in [3.05, 3.63) is 19.0 Å². The second-order valence-electron chi connectivity index (χ2n) is 1.27. The number of carbonyl (C=O) groups is 1. The monoisotopic (exact) mass is 139 g/mol. The van der Waals surface area contributed by atoms with Crippen LogP contribution < -0.4 is 4.84 Å². The minimum Gasteiger partial charge on any atom is -0.311 e. The molecular formula is C4H3N4O2. The van der Waals surface area contributed by atoms with Crippen LogP contribution in [0, 0.1) is 6.33 Å². The molecule has 1 aromatic rings. The van der Waals surface area contributed by atoms with Crippen LogP contribution in [0.3, 0.4) is 0 Å². The Morgan fingerprint density at radius 1 is 1.80 bits per heavy atom. The molecule has 0 N–H and O–H groups in total. The van der Waals surface area contributed by atoms with Crippen LogP contribution in [0.5, 0.6) is 0 Å². The van der Waals surface area contributed by atoms with Gasteiger partial charge in [0.1, 0.15) is 0 Å². The van der Waals surface area contributed by atoms with E-state index in [0.29, 0.717) is 4.85 Å². The zero-order valence-corrected chi connectivity index (χ0v) is 4.89. The highest BCUT2D eigenvalue weighted by molar-refractivity contribution is 5.81. The zero-order valence-electron chi connectivity index (χ0n) is 4.89. The number of aromatic nitrogens is 4. The molecule has 0 spiro atoms. The van der Waals surface area contributed by atoms with Crippen molar-refractivity contribution in [2.24, 2.45) is 0 Å². The van der Waals surface area contributed by atoms with Crippen molar-refractivity contribution in [3.63, 3.8) is 0 Å². The average molecular weight is 139 g/mol. The van der Waals surface area contributed by atoms with Gasteiger partial charge < -0.3 is 4.84 Å². The number of carbonyl (C=O) groups excluding carboxylic acids is 1. The molecule has 10 heavy (non-hydrogen) atoms. The van der Waals surface area contributed by atoms with Gasteiger partial charge in [0.25, 0.3) is 6.33 Å². The van der Waals surface area contributed by atoms with E-state index >= 15 is 0 Å². The molecule has 1 rings (SSSR count). The lowest BCUT2D eigenvalue weighted by Gasteiger charge is -1.92. The normalized spacial score (nSPS) is 8.80. The van der Waals surface area contributed by atoms with Crippen LogP contribution in [0.1, 0.15) is 0 Å². The van der Waals surface area contributed by atoms with Crippen molar-refractivity contribution >= 4 is 5.97 Å². The fraction of sp³-hybridized carbons (Fsp3) is 0. The zero-order chi connectivity index (χ0) is 7.40. The molecule has 0 aliphatic heterocycles. The molecule has 1 heterocycles. The Hall–Kier alpha value is -1.72. The molecule has 6 heteroatoms. The standard InChI is InChI=1S/C4H3N4O2/c1-2-4(9)10-8-3-5-6-7-8/h2H,1H2. The predicted octanol–water partition coefficient (Wildman–Crippen LogP) is -1.39. The molecule has 0 saturated carbocycles. The predicted molar refractivity (Wildman–Crippen MR) is 28.4 cm³/mol. The van der Waals surface area contributed by atoms with Gasteiger partial charge in [-0.2, -0.15) is 0 Å². The van der Waals surface area contributed by atoms with Gasteiger partial charge in [-0.05, 0) is 15.3 Å². The van der Waals surface area contributed by atoms with Gasteiger partial charge in [0.15, 0.2) is 0 Å². The Morgan fingerprint density at radius 3 is 3.10 bits per heavy atom. The summed E-state index contributed by atoms with van der Waals surface area (Å²) in [5.41, 5.74) is 0. The quantitative estimate of drug-likeness (QED) is 0.373. The first-order valence-corrected chi connectivity index (χ1v) is 2.33. The third-order valence-corrected chi connectivity index (χ3v) is 0.639. The summed E-state index contributed by atoms with van der Waals surface area (Å²) in [7, 11) is 0. The maximum Gasteiger partial charge on any atom is 0.358 e. The minimum absolute atomic E-state index is 0.636. The van der Waals surface area contributed by atoms with E-state index in [1.165, 1.54) is 0 Å². The Morgan fingerprint density at radius 2 is 2.60 bits per heavy atom. The van der Waals surface area contributed by atoms with Crippen molar-refractivity contribution in [2.45, 2.75) is 0 Å². The highest BCUT2D eigenvalue weighted by atomic mass is 16.7. The molecule has 1 radical (unpaired) electrons. The van der Waals surface area contributed by atoms with Gasteiger partial charge >= 0.3 is 5.97 Å². The number of rotatable bonds is 2. The SMILES string of the molecule is C=CC(=O)On1[c]nnn1. The van der Waals surface area contributed by atoms with Gasteiger partial charge in [-0.3, -0.25) is 0 Å². The maximum absolute atomic E-state index is 10.4. The molecule has 51 valence electrons. The maximum atomic E-state index is 10.4. The summed E-state index contributed by atoms with van der Waals surface area (Å²) in [6.45, 7) is 3.17. The van der Waals surface area contributed by atoms with Crippen LogP contribution in [0.4, 0.5) is 0 Å². The summed E-state index contributed by atoms with van der Waals surface area (Å²) in [5.74, 6) is -0.636. The van der Waals surface area contributed by atoms with Gasteiger partial charge in [-0.25, -0.2) is 4.79 Å². The Kier molecular flexibility index (Phi) is 1.74. The van der Waals surface area contributed by atoms with Crippen molar-refractivity contribution < 1.29 is 9.63 Å². The summed E-state index contributed by atoms with van der Waals surface area (Å²) in [4.78, 5) is 15.5. The van der Waals surface area contributed by atoms with Crippen molar-refractivity contribution in [2.75, 3.05) is 0 Å². The van der Waals surface area contributed by atoms with E-state index in [2.05, 4.69) is 33.3 Å². The lowest BCUT2D eigenvalue weighted by atomic mass is 10.7. The smallest absolute Gasteiger partial charge is 0.311 e. The average Bonchev–Trinajstić information content (AvgIpc) is 2.40. The van der Waals surface area contributed by atoms with Crippen molar-refractivity contribution in [1.29, 1.82) is 0 Å². The molecule has 0 amide bonds. The summed E-state index contributed by atoms with van der Waals surface area (Å²) < 4.78 is 0. The summed E-state index contributed by atoms with van der Waals surface area (Å²) in [5, 5.41) is 9.49. The highest BCUT2D eigenvalue weighted by Crippen LogP contribution is 1.72. The second-order valence-corrected chi connectivity index (χ2v) is 1.27. The molecule has 0 aromatic carbocycles. The van der Waals surface area contributed by atoms with E-state index in [4.69, 9.17) is 0 Å². The van der Waals surface area contributed by atoms with Gasteiger partial charge in [0, 0.05) is 6.08 Å². The van der Waals surface area contributed by atoms with Crippen LogP contribution in [-0.2, 0) is 4.79 Å². The first kappa shape index (κ1) is 6.40. The summed E-state index contributed by atoms with van der Waals surface area (Å²) in [6.07, 6.45) is 3.15. The van der Waals surface area contributed by atoms with Gasteiger partial charge in [0.2, 0.25) is 0 Å². The Balaban J connectivity index is 2.56. The van der Waals surface area contributed by atoms with E-state index < -0.39 is 5.97 Å². The van der Waals surface area contributed by atoms with Gasteiger partial charge in [0.05, 0.1) is 0 Å². The number of nitrogens with zero attached hydrogens (tertiary/aromatic N) is 4. The minimum atomic E-state index is -0.636. The van der Waals surface area contributed by atoms with Crippen LogP contribution in [0.25, 0.3) is 0 Å². The van der Waals surface area contributed by atoms with Crippen LogP contribution >= 0.6 is 0 Å². The van der Waals surface area contributed by atoms with E-state index in [1.807, 2.05) is 0 Å². The van der Waals surface area contributed by atoms with Gasteiger partial charge in [-0.15, -0.1) is 5.10 Å². The first-order chi connectivity index (χ1) is 4.83. The number of hydrogen-bond acceptors (Lipinski definition) is 5. The second kappa shape index (κ2) is 2.72. The molecule has 0 aliphatic carbocycles. The van der Waals surface area contributed by atoms with Crippen LogP contribution in [-0.4, -0.2) is 26.3 Å². The molecule has 0 bridgehead atoms. The van der Waals surface area contributed by atoms with Crippen LogP contribution in [0.2, 0.25) is 0 Å². The lowest BCUT2D eigenvalue weighted by molar-refractivity contribution is -0.140. The molecule has 0 atom stereocenters. The van der Waals surface area contributed by atoms with E-state index in [1.54, 1.807) is 0 Å². The highest BCUT2D eigenvalue weighted by Gasteiger charge is 1.97. The van der Waals surface area contributed by atoms with Crippen molar-refractivity contribution in [3.8, 4) is 0 Å². The largest absolute Gasteiger partial charge is 0.358 e. The molecular weight excluding hydrogens is 136 g/mol. The molecule has 0 unspecified atom stereocenters. The summed E-state index contributed by atoms with van der Waals surface area (Å²) in [6, 6.07) is 0. The van der Waals surface area contributed by atoms with E-state index in [0.717, 1.165) is 6.08 Å². The van der Waals surface area contributed by atoms with Crippen LogP contribution in [0.15, 0.2) is 12.7 Å². The third-order valence-electron chi connectivity index (χ3n) is 0.639. The molecule has 0 fully saturated rings. The molecule has 6 nitrogen and oxygen atoms in total. The van der Waals surface area contributed by atoms with E-state index in [9.17, 15) is 4.79 Å². The number of hydrogen-bond donors (Lipinski definition) is 0. The Labute approximate surface area is 56.0 Å². The van der Waals surface area contributed by atoms with E-state index in [-0.39, 0.29) is 0 Å². The lowest BCUT2D eigenvalue weighted by Crippen LogP contribution is -2.18. The topological polar surface area (TPSA) is 69.9 Å². The van der Waals surface area contributed by atoms with Crippen molar-refractivity contribution in [1.82, 2.24) is 20.4 Å². The molecule has 1 aromatic heterocycles. The number of tetrazole rings is 1. The molecule has 0 aliphatic rings. The fourth-order valence-corrected chi connectivity index (χ4v) is 0.296. The first-order valence-electron chi connectivity index (χ1n) is 2.33. The Bertz CT molecular complexity index is 229. The fourth-order valence-electron chi connectivity index (χ4n) is 0.296. The molecule has 0 saturated heterocycles.